The van der Waals surface area contributed by atoms with Crippen molar-refractivity contribution < 1.29 is 9.84 Å². The van der Waals surface area contributed by atoms with Crippen LogP contribution in [0.1, 0.15) is 23.6 Å². The Balaban J connectivity index is 0.00000144. The highest BCUT2D eigenvalue weighted by Crippen LogP contribution is 2.44. The van der Waals surface area contributed by atoms with Crippen LogP contribution in [0.2, 0.25) is 0 Å². The van der Waals surface area contributed by atoms with Gasteiger partial charge in [-0.2, -0.15) is 0 Å². The Morgan fingerprint density at radius 2 is 2.04 bits per heavy atom. The van der Waals surface area contributed by atoms with Gasteiger partial charge in [0.15, 0.2) is 16.6 Å². The number of rotatable bonds is 4. The summed E-state index contributed by atoms with van der Waals surface area (Å²) in [7, 11) is 1.56. The summed E-state index contributed by atoms with van der Waals surface area (Å²) in [6, 6.07) is 3.87. The number of hydrogen-bond acceptors (Lipinski definition) is 6. The highest BCUT2D eigenvalue weighted by molar-refractivity contribution is 7.22. The number of hydrogen-bond donors (Lipinski definition) is 2. The molecular weight excluding hydrogens is 369 g/mol. The van der Waals surface area contributed by atoms with E-state index in [0.29, 0.717) is 23.7 Å². The predicted molar refractivity (Wildman–Crippen MR) is 103 cm³/mol. The second-order valence-electron chi connectivity index (χ2n) is 4.96. The Bertz CT molecular complexity index is 825. The summed E-state index contributed by atoms with van der Waals surface area (Å²) in [6.45, 7) is 1.99. The molecule has 0 atom stereocenters. The molecule has 5 nitrogen and oxygen atoms in total. The van der Waals surface area contributed by atoms with Gasteiger partial charge in [0.05, 0.1) is 17.3 Å². The number of nitrogens with zero attached hydrogens (tertiary/aromatic N) is 2. The van der Waals surface area contributed by atoms with Crippen LogP contribution < -0.4 is 10.5 Å². The largest absolute Gasteiger partial charge is 0.504 e. The number of aromatic hydroxyl groups is 1. The minimum absolute atomic E-state index is 0. The summed E-state index contributed by atoms with van der Waals surface area (Å²) in [4.78, 5) is 8.58. The molecule has 2 heterocycles. The lowest BCUT2D eigenvalue weighted by molar-refractivity contribution is 0.368. The number of fused-ring (bicyclic) bond motifs is 1. The van der Waals surface area contributed by atoms with Crippen LogP contribution in [0.15, 0.2) is 24.5 Å². The van der Waals surface area contributed by atoms with Gasteiger partial charge in [0.1, 0.15) is 0 Å². The summed E-state index contributed by atoms with van der Waals surface area (Å²) in [5.74, 6) is 0.651. The summed E-state index contributed by atoms with van der Waals surface area (Å²) in [5.41, 5.74) is 9.39. The second-order valence-corrected chi connectivity index (χ2v) is 5.99. The third-order valence-corrected chi connectivity index (χ3v) is 4.58. The van der Waals surface area contributed by atoms with Crippen molar-refractivity contribution in [2.24, 2.45) is 0 Å². The third kappa shape index (κ3) is 3.50. The van der Waals surface area contributed by atoms with Crippen LogP contribution in [-0.2, 0) is 12.8 Å². The van der Waals surface area contributed by atoms with Crippen LogP contribution in [-0.4, -0.2) is 22.2 Å². The smallest absolute Gasteiger partial charge is 0.181 e. The van der Waals surface area contributed by atoms with Gasteiger partial charge in [-0.15, -0.1) is 24.8 Å². The van der Waals surface area contributed by atoms with Gasteiger partial charge in [0.2, 0.25) is 0 Å². The van der Waals surface area contributed by atoms with Gasteiger partial charge >= 0.3 is 0 Å². The number of nitrogen functional groups attached to an aromatic ring is 1. The van der Waals surface area contributed by atoms with E-state index in [0.717, 1.165) is 26.9 Å². The van der Waals surface area contributed by atoms with E-state index in [-0.39, 0.29) is 30.6 Å². The molecule has 0 spiro atoms. The highest BCUT2D eigenvalue weighted by Gasteiger charge is 2.22. The van der Waals surface area contributed by atoms with Gasteiger partial charge in [0, 0.05) is 29.9 Å². The Morgan fingerprint density at radius 3 is 2.62 bits per heavy atom. The average Bonchev–Trinajstić information content (AvgIpc) is 2.90. The lowest BCUT2D eigenvalue weighted by Gasteiger charge is -2.14. The fourth-order valence-electron chi connectivity index (χ4n) is 2.66. The molecule has 3 aromatic rings. The summed E-state index contributed by atoms with van der Waals surface area (Å²) >= 11 is 1.40. The number of nitrogens with two attached hydrogens (primary N) is 1. The number of methoxy groups -OCH3 is 1. The van der Waals surface area contributed by atoms with Crippen LogP contribution in [0, 0.1) is 0 Å². The van der Waals surface area contributed by atoms with Crippen LogP contribution in [0.4, 0.5) is 5.13 Å². The number of halogens is 2. The van der Waals surface area contributed by atoms with Crippen molar-refractivity contribution >= 4 is 51.5 Å². The lowest BCUT2D eigenvalue weighted by Crippen LogP contribution is -1.99. The predicted octanol–water partition coefficient (Wildman–Crippen LogP) is 3.98. The standard InChI is InChI=1S/C16H17N3O2S.2ClH/c1-3-10-13(20)14(21-2)11(7-9-5-4-6-18-8-9)12-15(10)22-16(17)19-12;;/h4-6,8,20H,3,7H2,1-2H3,(H2,17,19);2*1H. The molecule has 0 aliphatic carbocycles. The van der Waals surface area contributed by atoms with E-state index in [9.17, 15) is 5.11 Å². The fourth-order valence-corrected chi connectivity index (χ4v) is 3.64. The SMILES string of the molecule is CCc1c(O)c(OC)c(Cc2cccnc2)c2nc(N)sc12.Cl.Cl. The van der Waals surface area contributed by atoms with Crippen molar-refractivity contribution in [3.05, 3.63) is 41.2 Å². The van der Waals surface area contributed by atoms with E-state index in [1.807, 2.05) is 19.1 Å². The summed E-state index contributed by atoms with van der Waals surface area (Å²) in [6.07, 6.45) is 4.79. The normalized spacial score (nSPS) is 10.1. The fraction of sp³-hybridized carbons (Fsp3) is 0.250. The van der Waals surface area contributed by atoms with Gasteiger partial charge in [-0.1, -0.05) is 24.3 Å². The molecular formula is C16H19Cl2N3O2S. The van der Waals surface area contributed by atoms with Gasteiger partial charge in [-0.25, -0.2) is 4.98 Å². The molecule has 3 rings (SSSR count). The van der Waals surface area contributed by atoms with Gasteiger partial charge in [-0.3, -0.25) is 4.98 Å². The maximum atomic E-state index is 10.6. The molecule has 0 aliphatic rings. The Kier molecular flexibility index (Phi) is 7.08. The number of aryl methyl sites for hydroxylation is 1. The quantitative estimate of drug-likeness (QED) is 0.707. The first-order chi connectivity index (χ1) is 10.7. The lowest BCUT2D eigenvalue weighted by atomic mass is 9.99. The van der Waals surface area contributed by atoms with Crippen LogP contribution >= 0.6 is 36.2 Å². The molecule has 0 fully saturated rings. The zero-order chi connectivity index (χ0) is 15.7. The van der Waals surface area contributed by atoms with Crippen LogP contribution in [0.5, 0.6) is 11.5 Å². The van der Waals surface area contributed by atoms with Gasteiger partial charge in [0.25, 0.3) is 0 Å². The molecule has 0 saturated carbocycles. The zero-order valence-electron chi connectivity index (χ0n) is 13.3. The number of thiazole rings is 1. The van der Waals surface area contributed by atoms with E-state index in [4.69, 9.17) is 10.5 Å². The third-order valence-electron chi connectivity index (χ3n) is 3.64. The molecule has 8 heteroatoms. The van der Waals surface area contributed by atoms with Crippen LogP contribution in [0.3, 0.4) is 0 Å². The van der Waals surface area contributed by atoms with Gasteiger partial charge in [-0.05, 0) is 18.1 Å². The maximum absolute atomic E-state index is 10.6. The van der Waals surface area contributed by atoms with Crippen molar-refractivity contribution in [3.8, 4) is 11.5 Å². The first-order valence-corrected chi connectivity index (χ1v) is 7.82. The molecule has 0 unspecified atom stereocenters. The zero-order valence-corrected chi connectivity index (χ0v) is 15.7. The number of phenolic OH excluding ortho intramolecular Hbond substituents is 1. The molecule has 130 valence electrons. The molecule has 0 amide bonds. The van der Waals surface area contributed by atoms with Crippen molar-refractivity contribution in [1.29, 1.82) is 0 Å². The van der Waals surface area contributed by atoms with Crippen molar-refractivity contribution in [3.63, 3.8) is 0 Å². The van der Waals surface area contributed by atoms with Crippen molar-refractivity contribution in [1.82, 2.24) is 9.97 Å². The minimum Gasteiger partial charge on any atom is -0.504 e. The Labute approximate surface area is 156 Å². The number of ether oxygens (including phenoxy) is 1. The summed E-state index contributed by atoms with van der Waals surface area (Å²) in [5, 5.41) is 11.0. The Hall–Kier alpha value is -1.76. The second kappa shape index (κ2) is 8.37. The molecule has 0 saturated heterocycles. The van der Waals surface area contributed by atoms with Crippen molar-refractivity contribution in [2.45, 2.75) is 19.8 Å². The van der Waals surface area contributed by atoms with Crippen LogP contribution in [0.25, 0.3) is 10.2 Å². The molecule has 1 aromatic carbocycles. The first-order valence-electron chi connectivity index (χ1n) is 7.01. The molecule has 0 radical (unpaired) electrons. The Morgan fingerprint density at radius 1 is 1.29 bits per heavy atom. The number of pyridine rings is 1. The number of phenols is 1. The van der Waals surface area contributed by atoms with E-state index < -0.39 is 0 Å². The average molecular weight is 388 g/mol. The highest BCUT2D eigenvalue weighted by atomic mass is 35.5. The number of anilines is 1. The minimum atomic E-state index is 0. The summed E-state index contributed by atoms with van der Waals surface area (Å²) < 4.78 is 6.39. The van der Waals surface area contributed by atoms with E-state index in [1.165, 1.54) is 11.3 Å². The first kappa shape index (κ1) is 20.3. The van der Waals surface area contributed by atoms with E-state index >= 15 is 0 Å². The molecule has 0 aliphatic heterocycles. The maximum Gasteiger partial charge on any atom is 0.181 e. The molecule has 2 aromatic heterocycles. The monoisotopic (exact) mass is 387 g/mol. The van der Waals surface area contributed by atoms with Crippen molar-refractivity contribution in [2.75, 3.05) is 12.8 Å². The number of benzene rings is 1. The van der Waals surface area contributed by atoms with E-state index in [1.54, 1.807) is 19.5 Å². The van der Waals surface area contributed by atoms with E-state index in [2.05, 4.69) is 9.97 Å². The molecule has 3 N–H and O–H groups in total. The molecule has 24 heavy (non-hydrogen) atoms. The topological polar surface area (TPSA) is 81.3 Å². The number of aromatic nitrogens is 2. The van der Waals surface area contributed by atoms with Gasteiger partial charge < -0.3 is 15.6 Å². The molecule has 0 bridgehead atoms.